The van der Waals surface area contributed by atoms with E-state index in [2.05, 4.69) is 10.0 Å². The molecule has 2 N–H and O–H groups in total. The van der Waals surface area contributed by atoms with Crippen molar-refractivity contribution in [3.05, 3.63) is 75.8 Å². The first-order valence-electron chi connectivity index (χ1n) is 7.78. The van der Waals surface area contributed by atoms with E-state index in [1.165, 1.54) is 12.2 Å². The van der Waals surface area contributed by atoms with Crippen molar-refractivity contribution in [2.45, 2.75) is 6.54 Å². The molecule has 8 heteroatoms. The lowest BCUT2D eigenvalue weighted by Gasteiger charge is -2.07. The van der Waals surface area contributed by atoms with Crippen LogP contribution in [0, 0.1) is 0 Å². The van der Waals surface area contributed by atoms with Crippen molar-refractivity contribution in [3.8, 4) is 0 Å². The van der Waals surface area contributed by atoms with Crippen molar-refractivity contribution in [3.63, 3.8) is 0 Å². The number of benzene rings is 2. The average molecular weight is 413 g/mol. The number of nitrogens with one attached hydrogen (secondary N) is 2. The van der Waals surface area contributed by atoms with E-state index in [0.717, 1.165) is 5.56 Å². The summed E-state index contributed by atoms with van der Waals surface area (Å²) in [7, 11) is -3.49. The van der Waals surface area contributed by atoms with Crippen molar-refractivity contribution in [2.75, 3.05) is 12.3 Å². The molecule has 0 aliphatic heterocycles. The molecular formula is C18H18Cl2N2O3S. The molecule has 2 aromatic carbocycles. The lowest BCUT2D eigenvalue weighted by Crippen LogP contribution is -2.33. The van der Waals surface area contributed by atoms with Crippen LogP contribution in [0.25, 0.3) is 6.08 Å². The molecule has 1 amide bonds. The number of carbonyl (C=O) groups excluding carboxylic acids is 1. The van der Waals surface area contributed by atoms with E-state index < -0.39 is 15.9 Å². The molecule has 0 aromatic heterocycles. The summed E-state index contributed by atoms with van der Waals surface area (Å²) < 4.78 is 26.4. The molecule has 0 saturated carbocycles. The lowest BCUT2D eigenvalue weighted by atomic mass is 10.2. The minimum absolute atomic E-state index is 0.0104. The second-order valence-corrected chi connectivity index (χ2v) is 8.13. The van der Waals surface area contributed by atoms with Gasteiger partial charge in [-0.05, 0) is 23.8 Å². The summed E-state index contributed by atoms with van der Waals surface area (Å²) >= 11 is 12.0. The van der Waals surface area contributed by atoms with Crippen LogP contribution in [0.1, 0.15) is 11.1 Å². The van der Waals surface area contributed by atoms with E-state index in [4.69, 9.17) is 23.2 Å². The predicted octanol–water partition coefficient (Wildman–Crippen LogP) is 3.24. The zero-order chi connectivity index (χ0) is 19.0. The third-order valence-electron chi connectivity index (χ3n) is 3.41. The van der Waals surface area contributed by atoms with Crippen molar-refractivity contribution >= 4 is 45.2 Å². The van der Waals surface area contributed by atoms with Gasteiger partial charge in [0, 0.05) is 34.8 Å². The summed E-state index contributed by atoms with van der Waals surface area (Å²) in [5.41, 5.74) is 1.39. The minimum atomic E-state index is -3.49. The van der Waals surface area contributed by atoms with E-state index in [0.29, 0.717) is 15.6 Å². The number of halogens is 2. The molecule has 26 heavy (non-hydrogen) atoms. The quantitative estimate of drug-likeness (QED) is 0.653. The molecule has 0 aliphatic rings. The van der Waals surface area contributed by atoms with Gasteiger partial charge in [0.15, 0.2) is 0 Å². The molecule has 0 radical (unpaired) electrons. The Morgan fingerprint density at radius 1 is 1.00 bits per heavy atom. The normalized spacial score (nSPS) is 11.6. The maximum atomic E-state index is 11.9. The Labute approximate surface area is 163 Å². The van der Waals surface area contributed by atoms with Crippen LogP contribution in [0.5, 0.6) is 0 Å². The fourth-order valence-corrected chi connectivity index (χ4v) is 3.48. The van der Waals surface area contributed by atoms with E-state index >= 15 is 0 Å². The second kappa shape index (κ2) is 9.73. The second-order valence-electron chi connectivity index (χ2n) is 5.39. The van der Waals surface area contributed by atoms with Gasteiger partial charge in [-0.2, -0.15) is 0 Å². The van der Waals surface area contributed by atoms with E-state index in [9.17, 15) is 13.2 Å². The highest BCUT2D eigenvalue weighted by Gasteiger charge is 2.10. The van der Waals surface area contributed by atoms with Crippen molar-refractivity contribution in [1.82, 2.24) is 10.0 Å². The third kappa shape index (κ3) is 6.80. The topological polar surface area (TPSA) is 75.3 Å². The van der Waals surface area contributed by atoms with Crippen LogP contribution in [0.15, 0.2) is 54.6 Å². The van der Waals surface area contributed by atoms with E-state index in [1.54, 1.807) is 18.2 Å². The van der Waals surface area contributed by atoms with Crippen molar-refractivity contribution < 1.29 is 13.2 Å². The van der Waals surface area contributed by atoms with Gasteiger partial charge < -0.3 is 5.32 Å². The Morgan fingerprint density at radius 2 is 1.65 bits per heavy atom. The monoisotopic (exact) mass is 412 g/mol. The molecule has 0 aliphatic carbocycles. The van der Waals surface area contributed by atoms with Crippen LogP contribution >= 0.6 is 23.2 Å². The van der Waals surface area contributed by atoms with Gasteiger partial charge in [-0.15, -0.1) is 0 Å². The SMILES string of the molecule is O=C(C=Cc1c(Cl)cccc1Cl)NCCS(=O)(=O)NCc1ccccc1. The van der Waals surface area contributed by atoms with Crippen LogP contribution in [0.4, 0.5) is 0 Å². The highest BCUT2D eigenvalue weighted by Crippen LogP contribution is 2.25. The largest absolute Gasteiger partial charge is 0.351 e. The van der Waals surface area contributed by atoms with Gasteiger partial charge in [0.05, 0.1) is 5.75 Å². The van der Waals surface area contributed by atoms with E-state index in [1.807, 2.05) is 30.3 Å². The minimum Gasteiger partial charge on any atom is -0.351 e. The predicted molar refractivity (Wildman–Crippen MR) is 106 cm³/mol. The summed E-state index contributed by atoms with van der Waals surface area (Å²) in [6.45, 7) is 0.200. The molecule has 138 valence electrons. The van der Waals surface area contributed by atoms with Crippen LogP contribution in [0.2, 0.25) is 10.0 Å². The summed E-state index contributed by atoms with van der Waals surface area (Å²) in [6.07, 6.45) is 2.75. The van der Waals surface area contributed by atoms with Gasteiger partial charge in [0.2, 0.25) is 15.9 Å². The number of hydrogen-bond donors (Lipinski definition) is 2. The first kappa shape index (κ1) is 20.5. The summed E-state index contributed by atoms with van der Waals surface area (Å²) in [4.78, 5) is 11.8. The maximum absolute atomic E-state index is 11.9. The maximum Gasteiger partial charge on any atom is 0.244 e. The zero-order valence-corrected chi connectivity index (χ0v) is 16.1. The van der Waals surface area contributed by atoms with E-state index in [-0.39, 0.29) is 18.8 Å². The average Bonchev–Trinajstić information content (AvgIpc) is 2.60. The number of amides is 1. The first-order valence-corrected chi connectivity index (χ1v) is 10.2. The van der Waals surface area contributed by atoms with Crippen LogP contribution in [0.3, 0.4) is 0 Å². The molecule has 2 aromatic rings. The fraction of sp³-hybridized carbons (Fsp3) is 0.167. The Balaban J connectivity index is 1.79. The smallest absolute Gasteiger partial charge is 0.244 e. The number of hydrogen-bond acceptors (Lipinski definition) is 3. The summed E-state index contributed by atoms with van der Waals surface area (Å²) in [5.74, 6) is -0.647. The molecule has 0 heterocycles. The Kier molecular flexibility index (Phi) is 7.66. The molecule has 0 saturated heterocycles. The summed E-state index contributed by atoms with van der Waals surface area (Å²) in [5, 5.41) is 3.37. The zero-order valence-electron chi connectivity index (χ0n) is 13.8. The van der Waals surface area contributed by atoms with Crippen LogP contribution < -0.4 is 10.0 Å². The number of sulfonamides is 1. The first-order chi connectivity index (χ1) is 12.4. The number of rotatable bonds is 8. The molecule has 0 spiro atoms. The Bertz CT molecular complexity index is 864. The van der Waals surface area contributed by atoms with Crippen LogP contribution in [-0.2, 0) is 21.4 Å². The fourth-order valence-electron chi connectivity index (χ4n) is 2.06. The van der Waals surface area contributed by atoms with Gasteiger partial charge in [-0.25, -0.2) is 13.1 Å². The van der Waals surface area contributed by atoms with Gasteiger partial charge in [0.1, 0.15) is 0 Å². The van der Waals surface area contributed by atoms with Gasteiger partial charge in [-0.3, -0.25) is 4.79 Å². The molecule has 5 nitrogen and oxygen atoms in total. The van der Waals surface area contributed by atoms with Crippen molar-refractivity contribution in [1.29, 1.82) is 0 Å². The van der Waals surface area contributed by atoms with Crippen LogP contribution in [-0.4, -0.2) is 26.6 Å². The molecule has 2 rings (SSSR count). The number of carbonyl (C=O) groups is 1. The summed E-state index contributed by atoms with van der Waals surface area (Å²) in [6, 6.07) is 14.2. The lowest BCUT2D eigenvalue weighted by molar-refractivity contribution is -0.116. The molecule has 0 bridgehead atoms. The van der Waals surface area contributed by atoms with Crippen molar-refractivity contribution in [2.24, 2.45) is 0 Å². The molecule has 0 unspecified atom stereocenters. The van der Waals surface area contributed by atoms with Gasteiger partial charge >= 0.3 is 0 Å². The highest BCUT2D eigenvalue weighted by molar-refractivity contribution is 7.89. The molecule has 0 atom stereocenters. The third-order valence-corrected chi connectivity index (χ3v) is 5.40. The van der Waals surface area contributed by atoms with Gasteiger partial charge in [-0.1, -0.05) is 59.6 Å². The Morgan fingerprint density at radius 3 is 2.31 bits per heavy atom. The molecular weight excluding hydrogens is 395 g/mol. The Hall–Kier alpha value is -1.86. The standard InChI is InChI=1S/C18H18Cl2N2O3S/c19-16-7-4-8-17(20)15(16)9-10-18(23)21-11-12-26(24,25)22-13-14-5-2-1-3-6-14/h1-10,22H,11-13H2,(H,21,23). The van der Waals surface area contributed by atoms with Gasteiger partial charge in [0.25, 0.3) is 0 Å². The highest BCUT2D eigenvalue weighted by atomic mass is 35.5. The molecule has 0 fully saturated rings.